The van der Waals surface area contributed by atoms with Gasteiger partial charge >= 0.3 is 39.5 Å². The maximum absolute atomic E-state index is 13.0. The van der Waals surface area contributed by atoms with Crippen molar-refractivity contribution in [1.29, 1.82) is 0 Å². The Morgan fingerprint density at radius 2 is 0.694 bits per heavy atom. The van der Waals surface area contributed by atoms with Gasteiger partial charge in [-0.05, 0) is 69.1 Å². The highest BCUT2D eigenvalue weighted by Gasteiger charge is 2.30. The van der Waals surface area contributed by atoms with Gasteiger partial charge in [0.15, 0.2) is 12.2 Å². The van der Waals surface area contributed by atoms with Gasteiger partial charge in [0.05, 0.1) is 26.4 Å². The molecule has 0 aromatic carbocycles. The van der Waals surface area contributed by atoms with Crippen molar-refractivity contribution in [3.8, 4) is 0 Å². The summed E-state index contributed by atoms with van der Waals surface area (Å²) >= 11 is 0. The van der Waals surface area contributed by atoms with Gasteiger partial charge in [-0.2, -0.15) is 0 Å². The summed E-state index contributed by atoms with van der Waals surface area (Å²) in [5.41, 5.74) is 0. The lowest BCUT2D eigenvalue weighted by Crippen LogP contribution is -2.30. The predicted octanol–water partition coefficient (Wildman–Crippen LogP) is 17.8. The highest BCUT2D eigenvalue weighted by atomic mass is 31.2. The second-order valence-corrected chi connectivity index (χ2v) is 27.0. The third-order valence-corrected chi connectivity index (χ3v) is 17.1. The topological polar surface area (TPSA) is 237 Å². The number of hydrogen-bond donors (Lipinski definition) is 3. The second-order valence-electron chi connectivity index (χ2n) is 24.1. The van der Waals surface area contributed by atoms with Gasteiger partial charge in [-0.15, -0.1) is 0 Å². The Morgan fingerprint density at radius 3 is 1.05 bits per heavy atom. The Morgan fingerprint density at radius 1 is 0.388 bits per heavy atom. The van der Waals surface area contributed by atoms with E-state index in [9.17, 15) is 43.2 Å². The van der Waals surface area contributed by atoms with E-state index in [1.165, 1.54) is 83.5 Å². The summed E-state index contributed by atoms with van der Waals surface area (Å²) in [6.45, 7) is 11.6. The smallest absolute Gasteiger partial charge is 0.462 e. The van der Waals surface area contributed by atoms with Gasteiger partial charge in [-0.1, -0.05) is 246 Å². The molecule has 0 amide bonds. The van der Waals surface area contributed by atoms with Crippen LogP contribution in [0.15, 0.2) is 24.3 Å². The van der Waals surface area contributed by atoms with Gasteiger partial charge in [0.25, 0.3) is 0 Å². The van der Waals surface area contributed by atoms with Gasteiger partial charge in [-0.25, -0.2) is 9.13 Å². The summed E-state index contributed by atoms with van der Waals surface area (Å²) in [6, 6.07) is 0. The van der Waals surface area contributed by atoms with E-state index in [0.717, 1.165) is 127 Å². The molecule has 19 heteroatoms. The van der Waals surface area contributed by atoms with Crippen molar-refractivity contribution in [2.24, 2.45) is 17.8 Å². The van der Waals surface area contributed by atoms with Crippen LogP contribution in [0.5, 0.6) is 0 Å². The summed E-state index contributed by atoms with van der Waals surface area (Å²) in [5, 5.41) is 10.5. The van der Waals surface area contributed by atoms with Crippen molar-refractivity contribution in [2.45, 2.75) is 317 Å². The zero-order valence-electron chi connectivity index (χ0n) is 54.5. The number of phosphoric ester groups is 2. The van der Waals surface area contributed by atoms with E-state index in [-0.39, 0.29) is 25.7 Å². The van der Waals surface area contributed by atoms with Crippen molar-refractivity contribution < 1.29 is 80.2 Å². The Labute approximate surface area is 516 Å². The van der Waals surface area contributed by atoms with E-state index in [0.29, 0.717) is 31.6 Å². The number of carbonyl (C=O) groups is 4. The molecule has 0 aromatic rings. The summed E-state index contributed by atoms with van der Waals surface area (Å²) in [6.07, 6.45) is 41.3. The molecule has 0 spiro atoms. The average Bonchev–Trinajstić information content (AvgIpc) is 3.56. The maximum atomic E-state index is 13.0. The number of allylic oxidation sites excluding steroid dienone is 4. The van der Waals surface area contributed by atoms with Crippen LogP contribution in [0.1, 0.15) is 299 Å². The fourth-order valence-electron chi connectivity index (χ4n) is 9.23. The normalized spacial score (nSPS) is 15.1. The maximum Gasteiger partial charge on any atom is 0.472 e. The lowest BCUT2D eigenvalue weighted by molar-refractivity contribution is -0.161. The molecule has 0 saturated carbocycles. The lowest BCUT2D eigenvalue weighted by Gasteiger charge is -2.21. The first-order valence-electron chi connectivity index (χ1n) is 33.7. The molecule has 0 bridgehead atoms. The molecule has 0 heterocycles. The summed E-state index contributed by atoms with van der Waals surface area (Å²) in [5.74, 6) is -0.0174. The highest BCUT2D eigenvalue weighted by Crippen LogP contribution is 2.45. The number of rotatable bonds is 62. The van der Waals surface area contributed by atoms with Crippen molar-refractivity contribution in [2.75, 3.05) is 39.6 Å². The van der Waals surface area contributed by atoms with E-state index in [4.69, 9.17) is 37.0 Å². The first-order chi connectivity index (χ1) is 40.8. The van der Waals surface area contributed by atoms with Gasteiger partial charge in [-0.3, -0.25) is 37.3 Å². The van der Waals surface area contributed by atoms with Crippen LogP contribution in [-0.4, -0.2) is 96.7 Å². The van der Waals surface area contributed by atoms with Crippen molar-refractivity contribution in [3.63, 3.8) is 0 Å². The van der Waals surface area contributed by atoms with Crippen LogP contribution < -0.4 is 0 Å². The van der Waals surface area contributed by atoms with E-state index in [2.05, 4.69) is 72.8 Å². The molecule has 0 saturated heterocycles. The number of phosphoric acid groups is 2. The minimum atomic E-state index is -4.96. The Hall–Kier alpha value is -2.46. The van der Waals surface area contributed by atoms with Crippen molar-refractivity contribution in [1.82, 2.24) is 0 Å². The molecule has 0 aromatic heterocycles. The SMILES string of the molecule is CCCCCC/C=C\C=C/CCCCCCCC(=O)O[C@H](COC(=O)CCCCCCCCC(C)CC)COP(=O)(O)OC[C@@H](O)COP(=O)(O)OC[C@@H](COC(=O)CCCCCCCCC(C)CC)OC(=O)CCCCCCCCCC(C)C. The van der Waals surface area contributed by atoms with Crippen LogP contribution in [0.2, 0.25) is 0 Å². The molecule has 0 aliphatic carbocycles. The standard InChI is InChI=1S/C66H124O17P2/c1-8-11-12-13-14-15-16-17-18-19-20-21-24-35-42-49-65(70)82-61(53-76-63(68)47-40-33-28-26-31-38-45-58(6)9-2)55-80-84(72,73)78-51-60(67)52-79-85(74,75)81-56-62(83-66(71)50-43-36-25-22-23-30-37-44-57(4)5)54-77-64(69)48-41-34-29-27-32-39-46-59(7)10-3/h15-18,57-62,67H,8-14,19-56H2,1-7H3,(H,72,73)(H,74,75)/b16-15-,18-17-/t58?,59?,60-,61-,62-/m1/s1. The molecule has 0 fully saturated rings. The number of aliphatic hydroxyl groups excluding tert-OH is 1. The van der Waals surface area contributed by atoms with E-state index in [1.54, 1.807) is 0 Å². The zero-order valence-corrected chi connectivity index (χ0v) is 56.3. The quantitative estimate of drug-likeness (QED) is 0.0169. The second kappa shape index (κ2) is 56.8. The largest absolute Gasteiger partial charge is 0.472 e. The van der Waals surface area contributed by atoms with Crippen LogP contribution in [-0.2, 0) is 65.4 Å². The van der Waals surface area contributed by atoms with Crippen LogP contribution in [0.25, 0.3) is 0 Å². The molecule has 0 aliphatic rings. The minimum absolute atomic E-state index is 0.0833. The number of esters is 4. The first kappa shape index (κ1) is 82.5. The zero-order chi connectivity index (χ0) is 63.1. The molecule has 0 rings (SSSR count). The molecular formula is C66H124O17P2. The summed E-state index contributed by atoms with van der Waals surface area (Å²) in [4.78, 5) is 72.3. The van der Waals surface area contributed by atoms with E-state index >= 15 is 0 Å². The third kappa shape index (κ3) is 57.7. The summed E-state index contributed by atoms with van der Waals surface area (Å²) < 4.78 is 68.0. The fourth-order valence-corrected chi connectivity index (χ4v) is 10.8. The van der Waals surface area contributed by atoms with Gasteiger partial charge in [0.1, 0.15) is 19.3 Å². The average molecular weight is 1250 g/mol. The molecule has 3 N–H and O–H groups in total. The summed E-state index contributed by atoms with van der Waals surface area (Å²) in [7, 11) is -9.91. The number of carbonyl (C=O) groups excluding carboxylic acids is 4. The molecule has 85 heavy (non-hydrogen) atoms. The van der Waals surface area contributed by atoms with Crippen molar-refractivity contribution >= 4 is 39.5 Å². The first-order valence-corrected chi connectivity index (χ1v) is 36.7. The Bertz CT molecular complexity index is 1780. The van der Waals surface area contributed by atoms with E-state index < -0.39 is 97.5 Å². The van der Waals surface area contributed by atoms with Gasteiger partial charge in [0.2, 0.25) is 0 Å². The number of aliphatic hydroxyl groups is 1. The highest BCUT2D eigenvalue weighted by molar-refractivity contribution is 7.47. The monoisotopic (exact) mass is 1250 g/mol. The van der Waals surface area contributed by atoms with Crippen LogP contribution in [0.3, 0.4) is 0 Å². The van der Waals surface area contributed by atoms with Gasteiger partial charge in [0, 0.05) is 25.7 Å². The molecule has 7 atom stereocenters. The van der Waals surface area contributed by atoms with Gasteiger partial charge < -0.3 is 33.8 Å². The Kier molecular flexibility index (Phi) is 55.1. The molecule has 0 aliphatic heterocycles. The number of hydrogen-bond acceptors (Lipinski definition) is 15. The molecular weight excluding hydrogens is 1130 g/mol. The third-order valence-electron chi connectivity index (χ3n) is 15.2. The fraction of sp³-hybridized carbons (Fsp3) is 0.879. The van der Waals surface area contributed by atoms with Crippen molar-refractivity contribution in [3.05, 3.63) is 24.3 Å². The van der Waals surface area contributed by atoms with E-state index in [1.807, 2.05) is 0 Å². The number of unbranched alkanes of at least 4 members (excludes halogenated alkanes) is 25. The molecule has 500 valence electrons. The minimum Gasteiger partial charge on any atom is -0.462 e. The van der Waals surface area contributed by atoms with Crippen LogP contribution in [0.4, 0.5) is 0 Å². The molecule has 0 radical (unpaired) electrons. The predicted molar refractivity (Wildman–Crippen MR) is 340 cm³/mol. The Balaban J connectivity index is 5.29. The molecule has 4 unspecified atom stereocenters. The lowest BCUT2D eigenvalue weighted by atomic mass is 10.00. The van der Waals surface area contributed by atoms with Crippen LogP contribution in [0, 0.1) is 17.8 Å². The number of ether oxygens (including phenoxy) is 4. The van der Waals surface area contributed by atoms with Crippen LogP contribution >= 0.6 is 15.6 Å². The molecule has 17 nitrogen and oxygen atoms in total.